The van der Waals surface area contributed by atoms with E-state index in [0.29, 0.717) is 17.3 Å². The van der Waals surface area contributed by atoms with Crippen molar-refractivity contribution in [3.05, 3.63) is 92.0 Å². The van der Waals surface area contributed by atoms with Gasteiger partial charge < -0.3 is 0 Å². The Morgan fingerprint density at radius 1 is 0.923 bits per heavy atom. The largest absolute Gasteiger partial charge is 0.354 e. The van der Waals surface area contributed by atoms with Crippen LogP contribution in [0.5, 0.6) is 0 Å². The van der Waals surface area contributed by atoms with Gasteiger partial charge in [0.05, 0.1) is 13.1 Å². The average molecular weight is 371 g/mol. The summed E-state index contributed by atoms with van der Waals surface area (Å²) in [5.41, 5.74) is 1.70. The van der Waals surface area contributed by atoms with E-state index in [9.17, 15) is 14.0 Å². The van der Waals surface area contributed by atoms with E-state index in [1.165, 1.54) is 28.5 Å². The lowest BCUT2D eigenvalue weighted by atomic mass is 10.1. The molecule has 7 heteroatoms. The molecule has 5 nitrogen and oxygen atoms in total. The molecule has 0 bridgehead atoms. The minimum atomic E-state index is -0.608. The first-order valence-corrected chi connectivity index (χ1v) is 9.26. The molecule has 1 aromatic heterocycles. The van der Waals surface area contributed by atoms with Gasteiger partial charge in [0.15, 0.2) is 5.16 Å². The van der Waals surface area contributed by atoms with Gasteiger partial charge in [-0.15, -0.1) is 0 Å². The van der Waals surface area contributed by atoms with E-state index < -0.39 is 11.4 Å². The fourth-order valence-electron chi connectivity index (χ4n) is 2.59. The van der Waals surface area contributed by atoms with Crippen molar-refractivity contribution in [2.45, 2.75) is 25.2 Å². The van der Waals surface area contributed by atoms with Crippen molar-refractivity contribution in [1.29, 1.82) is 0 Å². The number of thioether (sulfide) groups is 1. The highest BCUT2D eigenvalue weighted by molar-refractivity contribution is 7.98. The molecule has 0 saturated carbocycles. The van der Waals surface area contributed by atoms with Crippen LogP contribution in [0.2, 0.25) is 0 Å². The topological polar surface area (TPSA) is 56.9 Å². The standard InChI is InChI=1S/C19H18FN3O2S/c1-13-3-5-14(6-4-13)12-23-18(26-2)21-17(24)22(19(23)25)11-15-7-9-16(20)10-8-15/h3-10H,11-12H2,1-2H3. The summed E-state index contributed by atoms with van der Waals surface area (Å²) in [7, 11) is 0. The maximum atomic E-state index is 13.1. The van der Waals surface area contributed by atoms with Gasteiger partial charge in [0, 0.05) is 0 Å². The summed E-state index contributed by atoms with van der Waals surface area (Å²) in [6, 6.07) is 13.5. The summed E-state index contributed by atoms with van der Waals surface area (Å²) in [6.07, 6.45) is 1.77. The lowest BCUT2D eigenvalue weighted by Crippen LogP contribution is -2.42. The van der Waals surface area contributed by atoms with Gasteiger partial charge in [-0.1, -0.05) is 53.7 Å². The highest BCUT2D eigenvalue weighted by atomic mass is 32.2. The van der Waals surface area contributed by atoms with Gasteiger partial charge in [-0.25, -0.2) is 18.5 Å². The third-order valence-electron chi connectivity index (χ3n) is 4.01. The summed E-state index contributed by atoms with van der Waals surface area (Å²) in [4.78, 5) is 29.2. The predicted molar refractivity (Wildman–Crippen MR) is 100 cm³/mol. The molecule has 0 aliphatic heterocycles. The Hall–Kier alpha value is -2.67. The summed E-state index contributed by atoms with van der Waals surface area (Å²) < 4.78 is 15.6. The Morgan fingerprint density at radius 2 is 1.46 bits per heavy atom. The zero-order valence-corrected chi connectivity index (χ0v) is 15.3. The monoisotopic (exact) mass is 371 g/mol. The van der Waals surface area contributed by atoms with Gasteiger partial charge >= 0.3 is 11.4 Å². The molecule has 0 spiro atoms. The second-order valence-corrected chi connectivity index (χ2v) is 6.72. The number of hydrogen-bond acceptors (Lipinski definition) is 4. The van der Waals surface area contributed by atoms with E-state index in [1.807, 2.05) is 31.2 Å². The van der Waals surface area contributed by atoms with Crippen molar-refractivity contribution in [3.8, 4) is 0 Å². The molecule has 1 heterocycles. The van der Waals surface area contributed by atoms with Crippen molar-refractivity contribution in [1.82, 2.24) is 14.1 Å². The van der Waals surface area contributed by atoms with Crippen molar-refractivity contribution in [3.63, 3.8) is 0 Å². The second kappa shape index (κ2) is 7.70. The van der Waals surface area contributed by atoms with Crippen LogP contribution in [0.3, 0.4) is 0 Å². The second-order valence-electron chi connectivity index (χ2n) is 5.95. The smallest absolute Gasteiger partial charge is 0.268 e. The number of halogens is 1. The van der Waals surface area contributed by atoms with Gasteiger partial charge in [0.2, 0.25) is 0 Å². The molecule has 0 saturated heterocycles. The molecule has 0 radical (unpaired) electrons. The van der Waals surface area contributed by atoms with Gasteiger partial charge in [-0.2, -0.15) is 4.98 Å². The Balaban J connectivity index is 2.03. The molecular formula is C19H18FN3O2S. The molecule has 0 atom stereocenters. The first-order chi connectivity index (χ1) is 12.5. The van der Waals surface area contributed by atoms with Crippen LogP contribution in [0.25, 0.3) is 0 Å². The molecule has 0 aliphatic rings. The Morgan fingerprint density at radius 3 is 2.04 bits per heavy atom. The number of nitrogens with zero attached hydrogens (tertiary/aromatic N) is 3. The molecule has 26 heavy (non-hydrogen) atoms. The maximum absolute atomic E-state index is 13.1. The Bertz CT molecular complexity index is 1020. The summed E-state index contributed by atoms with van der Waals surface area (Å²) in [5.74, 6) is -0.367. The van der Waals surface area contributed by atoms with E-state index in [4.69, 9.17) is 0 Å². The van der Waals surface area contributed by atoms with E-state index in [1.54, 1.807) is 18.4 Å². The molecule has 0 aliphatic carbocycles. The molecule has 0 fully saturated rings. The van der Waals surface area contributed by atoms with Crippen LogP contribution in [0.1, 0.15) is 16.7 Å². The fourth-order valence-corrected chi connectivity index (χ4v) is 3.12. The lowest BCUT2D eigenvalue weighted by molar-refractivity contribution is 0.526. The van der Waals surface area contributed by atoms with Crippen LogP contribution in [0, 0.1) is 12.7 Å². The average Bonchev–Trinajstić information content (AvgIpc) is 2.64. The van der Waals surface area contributed by atoms with Gasteiger partial charge in [0.25, 0.3) is 0 Å². The molecule has 0 N–H and O–H groups in total. The van der Waals surface area contributed by atoms with Crippen LogP contribution in [-0.2, 0) is 13.1 Å². The van der Waals surface area contributed by atoms with Crippen molar-refractivity contribution < 1.29 is 4.39 Å². The minimum absolute atomic E-state index is 0.0491. The lowest BCUT2D eigenvalue weighted by Gasteiger charge is -2.13. The maximum Gasteiger partial charge on any atom is 0.354 e. The normalized spacial score (nSPS) is 10.9. The third-order valence-corrected chi connectivity index (χ3v) is 4.69. The molecular weight excluding hydrogens is 353 g/mol. The molecule has 3 rings (SSSR count). The van der Waals surface area contributed by atoms with E-state index >= 15 is 0 Å². The van der Waals surface area contributed by atoms with Crippen LogP contribution >= 0.6 is 11.8 Å². The number of rotatable bonds is 5. The molecule has 3 aromatic rings. The third kappa shape index (κ3) is 3.94. The first kappa shape index (κ1) is 18.1. The predicted octanol–water partition coefficient (Wildman–Crippen LogP) is 2.67. The fraction of sp³-hybridized carbons (Fsp3) is 0.211. The molecule has 0 unspecified atom stereocenters. The van der Waals surface area contributed by atoms with Crippen LogP contribution in [0.4, 0.5) is 4.39 Å². The zero-order chi connectivity index (χ0) is 18.7. The van der Waals surface area contributed by atoms with E-state index in [-0.39, 0.29) is 12.4 Å². The van der Waals surface area contributed by atoms with Crippen molar-refractivity contribution in [2.75, 3.05) is 6.26 Å². The van der Waals surface area contributed by atoms with Crippen LogP contribution in [-0.4, -0.2) is 20.4 Å². The summed E-state index contributed by atoms with van der Waals surface area (Å²) in [5, 5.41) is 0.371. The summed E-state index contributed by atoms with van der Waals surface area (Å²) in [6.45, 7) is 2.37. The highest BCUT2D eigenvalue weighted by Gasteiger charge is 2.13. The molecule has 2 aromatic carbocycles. The molecule has 134 valence electrons. The van der Waals surface area contributed by atoms with Crippen molar-refractivity contribution in [2.24, 2.45) is 0 Å². The first-order valence-electron chi connectivity index (χ1n) is 8.03. The van der Waals surface area contributed by atoms with E-state index in [0.717, 1.165) is 15.7 Å². The minimum Gasteiger partial charge on any atom is -0.268 e. The Labute approximate surface area is 154 Å². The number of aryl methyl sites for hydroxylation is 1. The quantitative estimate of drug-likeness (QED) is 0.647. The van der Waals surface area contributed by atoms with Gasteiger partial charge in [0.1, 0.15) is 5.82 Å². The van der Waals surface area contributed by atoms with Gasteiger partial charge in [-0.3, -0.25) is 4.57 Å². The van der Waals surface area contributed by atoms with Crippen LogP contribution < -0.4 is 11.4 Å². The SMILES string of the molecule is CSc1nc(=O)n(Cc2ccc(F)cc2)c(=O)n1Cc1ccc(C)cc1. The van der Waals surface area contributed by atoms with Gasteiger partial charge in [-0.05, 0) is 36.4 Å². The summed E-state index contributed by atoms with van der Waals surface area (Å²) >= 11 is 1.25. The number of aromatic nitrogens is 3. The zero-order valence-electron chi connectivity index (χ0n) is 14.5. The van der Waals surface area contributed by atoms with E-state index in [2.05, 4.69) is 4.98 Å². The Kier molecular flexibility index (Phi) is 5.37. The van der Waals surface area contributed by atoms with Crippen LogP contribution in [0.15, 0.2) is 63.3 Å². The number of benzene rings is 2. The highest BCUT2D eigenvalue weighted by Crippen LogP contribution is 2.11. The number of hydrogen-bond donors (Lipinski definition) is 0. The van der Waals surface area contributed by atoms with Crippen molar-refractivity contribution >= 4 is 11.8 Å². The molecule has 0 amide bonds.